The summed E-state index contributed by atoms with van der Waals surface area (Å²) >= 11 is 2.99. The molecule has 0 bridgehead atoms. The second-order valence-electron chi connectivity index (χ2n) is 5.55. The highest BCUT2D eigenvalue weighted by Gasteiger charge is 2.48. The molecule has 0 amide bonds. The lowest BCUT2D eigenvalue weighted by atomic mass is 9.77. The number of rotatable bonds is 2. The Labute approximate surface area is 116 Å². The van der Waals surface area contributed by atoms with Crippen molar-refractivity contribution in [1.82, 2.24) is 9.97 Å². The Hall–Kier alpha value is -0.780. The maximum atomic E-state index is 11.2. The molecule has 0 radical (unpaired) electrons. The van der Waals surface area contributed by atoms with E-state index in [1.807, 2.05) is 45.4 Å². The molecule has 2 heterocycles. The van der Waals surface area contributed by atoms with Gasteiger partial charge in [0.25, 0.3) is 0 Å². The summed E-state index contributed by atoms with van der Waals surface area (Å²) in [6.07, 6.45) is 0. The van der Waals surface area contributed by atoms with Crippen molar-refractivity contribution in [3.8, 4) is 0 Å². The van der Waals surface area contributed by atoms with Gasteiger partial charge in [-0.05, 0) is 13.8 Å². The van der Waals surface area contributed by atoms with Crippen LogP contribution < -0.4 is 0 Å². The van der Waals surface area contributed by atoms with Crippen molar-refractivity contribution in [2.75, 3.05) is 0 Å². The number of thiazole rings is 2. The first-order valence-corrected chi connectivity index (χ1v) is 7.58. The molecule has 18 heavy (non-hydrogen) atoms. The van der Waals surface area contributed by atoms with Crippen molar-refractivity contribution < 1.29 is 5.11 Å². The topological polar surface area (TPSA) is 46.0 Å². The van der Waals surface area contributed by atoms with Gasteiger partial charge in [-0.25, -0.2) is 9.97 Å². The average molecular weight is 282 g/mol. The van der Waals surface area contributed by atoms with E-state index in [1.165, 1.54) is 22.7 Å². The minimum absolute atomic E-state index is 0.360. The van der Waals surface area contributed by atoms with E-state index in [2.05, 4.69) is 9.97 Å². The molecule has 0 aromatic carbocycles. The first-order valence-electron chi connectivity index (χ1n) is 5.83. The van der Waals surface area contributed by atoms with Crippen molar-refractivity contribution >= 4 is 22.7 Å². The molecule has 2 aromatic rings. The van der Waals surface area contributed by atoms with E-state index in [0.717, 1.165) is 21.4 Å². The first-order chi connectivity index (χ1) is 8.25. The van der Waals surface area contributed by atoms with Crippen LogP contribution in [0, 0.1) is 19.3 Å². The van der Waals surface area contributed by atoms with Crippen LogP contribution in [-0.2, 0) is 5.60 Å². The molecule has 0 aliphatic carbocycles. The molecule has 0 unspecified atom stereocenters. The quantitative estimate of drug-likeness (QED) is 0.917. The molecule has 0 aliphatic rings. The Morgan fingerprint density at radius 1 is 0.944 bits per heavy atom. The maximum absolute atomic E-state index is 11.2. The fourth-order valence-corrected chi connectivity index (χ4v) is 4.05. The monoisotopic (exact) mass is 282 g/mol. The molecule has 3 nitrogen and oxygen atoms in total. The van der Waals surface area contributed by atoms with Gasteiger partial charge in [0.05, 0.1) is 0 Å². The number of aliphatic hydroxyl groups is 1. The summed E-state index contributed by atoms with van der Waals surface area (Å²) in [5.41, 5.74) is 0.392. The molecule has 0 atom stereocenters. The molecule has 0 spiro atoms. The third kappa shape index (κ3) is 2.11. The second-order valence-corrected chi connectivity index (χ2v) is 7.26. The van der Waals surface area contributed by atoms with Gasteiger partial charge < -0.3 is 5.11 Å². The molecule has 98 valence electrons. The lowest BCUT2D eigenvalue weighted by Gasteiger charge is -2.36. The van der Waals surface area contributed by atoms with Crippen LogP contribution in [0.1, 0.15) is 42.2 Å². The highest BCUT2D eigenvalue weighted by Crippen LogP contribution is 2.46. The lowest BCUT2D eigenvalue weighted by Crippen LogP contribution is -2.41. The first kappa shape index (κ1) is 13.6. The normalized spacial score (nSPS) is 13.0. The standard InChI is InChI=1S/C13H18N2OS2/c1-8-6-17-10(14-8)13(16,12(3,4)5)11-15-9(2)7-18-11/h6-7,16H,1-5H3. The molecule has 0 saturated heterocycles. The minimum atomic E-state index is -1.12. The van der Waals surface area contributed by atoms with Crippen LogP contribution in [0.4, 0.5) is 0 Å². The number of nitrogens with zero attached hydrogens (tertiary/aromatic N) is 2. The van der Waals surface area contributed by atoms with E-state index < -0.39 is 5.60 Å². The summed E-state index contributed by atoms with van der Waals surface area (Å²) in [5.74, 6) is 0. The molecule has 2 rings (SSSR count). The van der Waals surface area contributed by atoms with Crippen LogP contribution in [0.2, 0.25) is 0 Å². The highest BCUT2D eigenvalue weighted by molar-refractivity contribution is 7.11. The molecule has 0 fully saturated rings. The fourth-order valence-electron chi connectivity index (χ4n) is 1.77. The molecule has 0 saturated carbocycles. The fraction of sp³-hybridized carbons (Fsp3) is 0.538. The summed E-state index contributed by atoms with van der Waals surface area (Å²) in [5, 5.41) is 16.6. The van der Waals surface area contributed by atoms with Crippen molar-refractivity contribution in [2.45, 2.75) is 40.2 Å². The zero-order valence-corrected chi connectivity index (χ0v) is 12.9. The van der Waals surface area contributed by atoms with Gasteiger partial charge in [0.1, 0.15) is 10.0 Å². The van der Waals surface area contributed by atoms with Crippen LogP contribution >= 0.6 is 22.7 Å². The van der Waals surface area contributed by atoms with Gasteiger partial charge in [0, 0.05) is 27.6 Å². The van der Waals surface area contributed by atoms with Gasteiger partial charge in [-0.2, -0.15) is 0 Å². The molecular formula is C13H18N2OS2. The van der Waals surface area contributed by atoms with Crippen molar-refractivity contribution in [3.63, 3.8) is 0 Å². The smallest absolute Gasteiger partial charge is 0.172 e. The zero-order valence-electron chi connectivity index (χ0n) is 11.3. The molecule has 0 aliphatic heterocycles. The predicted octanol–water partition coefficient (Wildman–Crippen LogP) is 3.50. The van der Waals surface area contributed by atoms with Gasteiger partial charge in [-0.15, -0.1) is 22.7 Å². The number of hydrogen-bond acceptors (Lipinski definition) is 5. The summed E-state index contributed by atoms with van der Waals surface area (Å²) in [6, 6.07) is 0. The van der Waals surface area contributed by atoms with Gasteiger partial charge in [-0.1, -0.05) is 20.8 Å². The number of aryl methyl sites for hydroxylation is 2. The van der Waals surface area contributed by atoms with Crippen molar-refractivity contribution in [2.24, 2.45) is 5.41 Å². The molecule has 2 aromatic heterocycles. The van der Waals surface area contributed by atoms with Crippen LogP contribution in [0.25, 0.3) is 0 Å². The SMILES string of the molecule is Cc1csc(C(O)(c2nc(C)cs2)C(C)(C)C)n1. The Bertz CT molecular complexity index is 511. The summed E-state index contributed by atoms with van der Waals surface area (Å²) in [4.78, 5) is 8.94. The molecule has 5 heteroatoms. The Balaban J connectivity index is 2.62. The van der Waals surface area contributed by atoms with E-state index in [-0.39, 0.29) is 5.41 Å². The lowest BCUT2D eigenvalue weighted by molar-refractivity contribution is -0.0263. The van der Waals surface area contributed by atoms with E-state index in [1.54, 1.807) is 0 Å². The highest BCUT2D eigenvalue weighted by atomic mass is 32.1. The van der Waals surface area contributed by atoms with E-state index in [0.29, 0.717) is 0 Å². The summed E-state index contributed by atoms with van der Waals surface area (Å²) in [7, 11) is 0. The van der Waals surface area contributed by atoms with Crippen LogP contribution in [0.3, 0.4) is 0 Å². The second kappa shape index (κ2) is 4.40. The van der Waals surface area contributed by atoms with E-state index >= 15 is 0 Å². The van der Waals surface area contributed by atoms with Gasteiger partial charge in [0.2, 0.25) is 0 Å². The Kier molecular flexibility index (Phi) is 3.34. The zero-order chi connectivity index (χ0) is 13.6. The Morgan fingerprint density at radius 2 is 1.33 bits per heavy atom. The van der Waals surface area contributed by atoms with E-state index in [9.17, 15) is 5.11 Å². The van der Waals surface area contributed by atoms with Crippen molar-refractivity contribution in [1.29, 1.82) is 0 Å². The van der Waals surface area contributed by atoms with Crippen LogP contribution in [0.5, 0.6) is 0 Å². The van der Waals surface area contributed by atoms with Gasteiger partial charge in [-0.3, -0.25) is 0 Å². The number of aromatic nitrogens is 2. The van der Waals surface area contributed by atoms with E-state index in [4.69, 9.17) is 0 Å². The van der Waals surface area contributed by atoms with Crippen molar-refractivity contribution in [3.05, 3.63) is 32.2 Å². The van der Waals surface area contributed by atoms with Crippen LogP contribution in [-0.4, -0.2) is 15.1 Å². The molecular weight excluding hydrogens is 264 g/mol. The molecule has 1 N–H and O–H groups in total. The number of hydrogen-bond donors (Lipinski definition) is 1. The van der Waals surface area contributed by atoms with Gasteiger partial charge in [0.15, 0.2) is 5.60 Å². The average Bonchev–Trinajstić information content (AvgIpc) is 2.84. The maximum Gasteiger partial charge on any atom is 0.172 e. The summed E-state index contributed by atoms with van der Waals surface area (Å²) in [6.45, 7) is 9.92. The third-order valence-electron chi connectivity index (χ3n) is 2.94. The summed E-state index contributed by atoms with van der Waals surface area (Å²) < 4.78 is 0. The third-order valence-corrected chi connectivity index (χ3v) is 5.08. The van der Waals surface area contributed by atoms with Gasteiger partial charge >= 0.3 is 0 Å². The predicted molar refractivity (Wildman–Crippen MR) is 76.2 cm³/mol. The van der Waals surface area contributed by atoms with Crippen LogP contribution in [0.15, 0.2) is 10.8 Å². The largest absolute Gasteiger partial charge is 0.375 e. The Morgan fingerprint density at radius 3 is 1.56 bits per heavy atom. The minimum Gasteiger partial charge on any atom is -0.375 e.